The van der Waals surface area contributed by atoms with Gasteiger partial charge in [0.05, 0.1) is 32.3 Å². The molecule has 0 aliphatic carbocycles. The molecule has 2 fully saturated rings. The summed E-state index contributed by atoms with van der Waals surface area (Å²) in [4.78, 5) is 14.2. The Morgan fingerprint density at radius 2 is 2.09 bits per heavy atom. The van der Waals surface area contributed by atoms with Crippen LogP contribution in [0.25, 0.3) is 0 Å². The highest BCUT2D eigenvalue weighted by atomic mass is 19.1. The number of benzene rings is 1. The fraction of sp³-hybridized carbons (Fsp3) is 0.562. The third kappa shape index (κ3) is 3.82. The minimum absolute atomic E-state index is 0.0478. The number of hydrogen-bond acceptors (Lipinski definition) is 4. The molecule has 1 aromatic carbocycles. The van der Waals surface area contributed by atoms with Gasteiger partial charge >= 0.3 is 0 Å². The van der Waals surface area contributed by atoms with Gasteiger partial charge in [-0.2, -0.15) is 0 Å². The van der Waals surface area contributed by atoms with Crippen LogP contribution in [0.5, 0.6) is 0 Å². The molecule has 5 nitrogen and oxygen atoms in total. The number of ether oxygens (including phenoxy) is 2. The lowest BCUT2D eigenvalue weighted by Crippen LogP contribution is -2.46. The molecule has 6 heteroatoms. The number of rotatable bonds is 3. The van der Waals surface area contributed by atoms with E-state index < -0.39 is 0 Å². The molecular formula is C16H21FN2O3. The summed E-state index contributed by atoms with van der Waals surface area (Å²) in [6.45, 7) is 3.81. The topological polar surface area (TPSA) is 50.8 Å². The number of amides is 1. The van der Waals surface area contributed by atoms with Gasteiger partial charge in [0.1, 0.15) is 11.9 Å². The van der Waals surface area contributed by atoms with Crippen molar-refractivity contribution in [3.8, 4) is 0 Å². The van der Waals surface area contributed by atoms with Crippen LogP contribution in [0.3, 0.4) is 0 Å². The number of nitrogens with zero attached hydrogens (tertiary/aromatic N) is 1. The predicted molar refractivity (Wildman–Crippen MR) is 78.9 cm³/mol. The van der Waals surface area contributed by atoms with E-state index in [-0.39, 0.29) is 23.9 Å². The maximum absolute atomic E-state index is 13.0. The summed E-state index contributed by atoms with van der Waals surface area (Å²) in [7, 11) is 0. The minimum Gasteiger partial charge on any atom is -0.375 e. The van der Waals surface area contributed by atoms with E-state index >= 15 is 0 Å². The highest BCUT2D eigenvalue weighted by Gasteiger charge is 2.27. The van der Waals surface area contributed by atoms with E-state index in [0.29, 0.717) is 32.7 Å². The normalized spacial score (nSPS) is 26.0. The first-order valence-electron chi connectivity index (χ1n) is 7.69. The molecule has 0 bridgehead atoms. The summed E-state index contributed by atoms with van der Waals surface area (Å²) < 4.78 is 24.3. The van der Waals surface area contributed by atoms with Gasteiger partial charge in [0.2, 0.25) is 5.91 Å². The molecule has 1 aromatic rings. The van der Waals surface area contributed by atoms with Crippen LogP contribution < -0.4 is 5.32 Å². The molecule has 2 saturated heterocycles. The first-order chi connectivity index (χ1) is 10.7. The lowest BCUT2D eigenvalue weighted by Gasteiger charge is -2.34. The van der Waals surface area contributed by atoms with Gasteiger partial charge in [-0.05, 0) is 17.7 Å². The Kier molecular flexibility index (Phi) is 5.02. The molecule has 2 unspecified atom stereocenters. The summed E-state index contributed by atoms with van der Waals surface area (Å²) in [6.07, 6.45) is 0.153. The molecule has 3 rings (SSSR count). The second-order valence-electron chi connectivity index (χ2n) is 5.65. The van der Waals surface area contributed by atoms with Crippen LogP contribution in [-0.2, 0) is 14.3 Å². The number of carbonyl (C=O) groups excluding carboxylic acids is 1. The SMILES string of the molecule is O=C(CC1CNCCO1)N1CCOC(c2ccc(F)cc2)C1. The lowest BCUT2D eigenvalue weighted by atomic mass is 10.1. The molecule has 1 N–H and O–H groups in total. The standard InChI is InChI=1S/C16H21FN2O3/c17-13-3-1-12(2-4-13)15-11-19(6-8-22-15)16(20)9-14-10-18-5-7-21-14/h1-4,14-15,18H,5-11H2. The molecule has 0 radical (unpaired) electrons. The highest BCUT2D eigenvalue weighted by Crippen LogP contribution is 2.23. The Hall–Kier alpha value is -1.50. The van der Waals surface area contributed by atoms with Crippen LogP contribution in [-0.4, -0.2) is 56.3 Å². The largest absolute Gasteiger partial charge is 0.375 e. The van der Waals surface area contributed by atoms with E-state index in [2.05, 4.69) is 5.32 Å². The van der Waals surface area contributed by atoms with Crippen molar-refractivity contribution in [1.29, 1.82) is 0 Å². The van der Waals surface area contributed by atoms with Crippen LogP contribution in [0.4, 0.5) is 4.39 Å². The Morgan fingerprint density at radius 1 is 1.27 bits per heavy atom. The smallest absolute Gasteiger partial charge is 0.225 e. The Labute approximate surface area is 129 Å². The number of morpholine rings is 2. The molecule has 0 saturated carbocycles. The molecule has 2 heterocycles. The molecule has 2 atom stereocenters. The number of carbonyl (C=O) groups is 1. The van der Waals surface area contributed by atoms with Crippen molar-refractivity contribution in [2.75, 3.05) is 39.4 Å². The second kappa shape index (κ2) is 7.17. The highest BCUT2D eigenvalue weighted by molar-refractivity contribution is 5.77. The quantitative estimate of drug-likeness (QED) is 0.909. The zero-order valence-electron chi connectivity index (χ0n) is 12.5. The van der Waals surface area contributed by atoms with Gasteiger partial charge in [-0.25, -0.2) is 4.39 Å². The van der Waals surface area contributed by atoms with Crippen LogP contribution in [0.15, 0.2) is 24.3 Å². The van der Waals surface area contributed by atoms with Gasteiger partial charge in [0.25, 0.3) is 0 Å². The van der Waals surface area contributed by atoms with E-state index in [1.807, 2.05) is 4.90 Å². The van der Waals surface area contributed by atoms with Crippen molar-refractivity contribution in [1.82, 2.24) is 10.2 Å². The van der Waals surface area contributed by atoms with Gasteiger partial charge in [0.15, 0.2) is 0 Å². The molecular weight excluding hydrogens is 287 g/mol. The molecule has 0 spiro atoms. The molecule has 120 valence electrons. The average molecular weight is 308 g/mol. The number of hydrogen-bond donors (Lipinski definition) is 1. The Balaban J connectivity index is 1.57. The third-order valence-electron chi connectivity index (χ3n) is 4.07. The van der Waals surface area contributed by atoms with Gasteiger partial charge in [-0.1, -0.05) is 12.1 Å². The van der Waals surface area contributed by atoms with Crippen molar-refractivity contribution in [3.05, 3.63) is 35.6 Å². The van der Waals surface area contributed by atoms with Crippen LogP contribution >= 0.6 is 0 Å². The van der Waals surface area contributed by atoms with Gasteiger partial charge in [-0.3, -0.25) is 4.79 Å². The average Bonchev–Trinajstić information content (AvgIpc) is 2.56. The predicted octanol–water partition coefficient (Wildman–Crippen LogP) is 1.10. The number of nitrogens with one attached hydrogen (secondary N) is 1. The zero-order valence-corrected chi connectivity index (χ0v) is 12.5. The molecule has 2 aliphatic heterocycles. The van der Waals surface area contributed by atoms with E-state index in [1.165, 1.54) is 12.1 Å². The van der Waals surface area contributed by atoms with Crippen molar-refractivity contribution in [2.24, 2.45) is 0 Å². The summed E-state index contributed by atoms with van der Waals surface area (Å²) in [5.74, 6) is -0.182. The fourth-order valence-corrected chi connectivity index (χ4v) is 2.83. The maximum atomic E-state index is 13.0. The summed E-state index contributed by atoms with van der Waals surface area (Å²) in [6, 6.07) is 6.26. The lowest BCUT2D eigenvalue weighted by molar-refractivity contribution is -0.142. The molecule has 0 aromatic heterocycles. The van der Waals surface area contributed by atoms with Gasteiger partial charge in [-0.15, -0.1) is 0 Å². The molecule has 2 aliphatic rings. The first kappa shape index (κ1) is 15.4. The van der Waals surface area contributed by atoms with Gasteiger partial charge in [0, 0.05) is 19.6 Å². The second-order valence-corrected chi connectivity index (χ2v) is 5.65. The fourth-order valence-electron chi connectivity index (χ4n) is 2.83. The van der Waals surface area contributed by atoms with E-state index in [9.17, 15) is 9.18 Å². The zero-order chi connectivity index (χ0) is 15.4. The maximum Gasteiger partial charge on any atom is 0.225 e. The summed E-state index contributed by atoms with van der Waals surface area (Å²) in [5, 5.41) is 3.23. The minimum atomic E-state index is -0.269. The van der Waals surface area contributed by atoms with Crippen molar-refractivity contribution >= 4 is 5.91 Å². The molecule has 1 amide bonds. The number of halogens is 1. The summed E-state index contributed by atoms with van der Waals surface area (Å²) in [5.41, 5.74) is 0.898. The monoisotopic (exact) mass is 308 g/mol. The van der Waals surface area contributed by atoms with E-state index in [1.54, 1.807) is 12.1 Å². The molecule has 22 heavy (non-hydrogen) atoms. The van der Waals surface area contributed by atoms with Crippen LogP contribution in [0, 0.1) is 5.82 Å². The van der Waals surface area contributed by atoms with E-state index in [4.69, 9.17) is 9.47 Å². The Morgan fingerprint density at radius 3 is 2.82 bits per heavy atom. The van der Waals surface area contributed by atoms with Crippen molar-refractivity contribution in [3.63, 3.8) is 0 Å². The first-order valence-corrected chi connectivity index (χ1v) is 7.69. The van der Waals surface area contributed by atoms with E-state index in [0.717, 1.165) is 18.7 Å². The van der Waals surface area contributed by atoms with Crippen LogP contribution in [0.1, 0.15) is 18.1 Å². The van der Waals surface area contributed by atoms with Gasteiger partial charge < -0.3 is 19.7 Å². The Bertz CT molecular complexity index is 503. The third-order valence-corrected chi connectivity index (χ3v) is 4.07. The summed E-state index contributed by atoms with van der Waals surface area (Å²) >= 11 is 0. The van der Waals surface area contributed by atoms with Crippen LogP contribution in [0.2, 0.25) is 0 Å². The van der Waals surface area contributed by atoms with Crippen molar-refractivity contribution in [2.45, 2.75) is 18.6 Å². The van der Waals surface area contributed by atoms with Crippen molar-refractivity contribution < 1.29 is 18.7 Å².